The fourth-order valence-electron chi connectivity index (χ4n) is 1.93. The standard InChI is InChI=1S/C11H24N2O/c1-3-13-8-5-11(6-9-13)12-7-10-14-4-2/h11-12H,3-10H2,1-2H3. The summed E-state index contributed by atoms with van der Waals surface area (Å²) in [6, 6.07) is 0.721. The Morgan fingerprint density at radius 3 is 2.57 bits per heavy atom. The van der Waals surface area contributed by atoms with E-state index >= 15 is 0 Å². The van der Waals surface area contributed by atoms with Gasteiger partial charge in [-0.25, -0.2) is 0 Å². The van der Waals surface area contributed by atoms with E-state index in [1.54, 1.807) is 0 Å². The normalized spacial score (nSPS) is 20.1. The summed E-state index contributed by atoms with van der Waals surface area (Å²) in [5.41, 5.74) is 0. The number of nitrogens with zero attached hydrogens (tertiary/aromatic N) is 1. The van der Waals surface area contributed by atoms with E-state index in [0.717, 1.165) is 25.8 Å². The molecule has 0 aromatic heterocycles. The molecule has 0 bridgehead atoms. The van der Waals surface area contributed by atoms with Crippen molar-refractivity contribution in [3.63, 3.8) is 0 Å². The van der Waals surface area contributed by atoms with Crippen molar-refractivity contribution in [1.82, 2.24) is 10.2 Å². The van der Waals surface area contributed by atoms with Gasteiger partial charge in [-0.2, -0.15) is 0 Å². The SMILES string of the molecule is CCOCCNC1CCN(CC)CC1. The second-order valence-corrected chi connectivity index (χ2v) is 3.86. The van der Waals surface area contributed by atoms with Crippen LogP contribution in [0.3, 0.4) is 0 Å². The van der Waals surface area contributed by atoms with Crippen molar-refractivity contribution in [1.29, 1.82) is 0 Å². The fourth-order valence-corrected chi connectivity index (χ4v) is 1.93. The van der Waals surface area contributed by atoms with Crippen LogP contribution >= 0.6 is 0 Å². The molecule has 84 valence electrons. The first-order chi connectivity index (χ1) is 6.86. The Labute approximate surface area is 87.8 Å². The second-order valence-electron chi connectivity index (χ2n) is 3.86. The summed E-state index contributed by atoms with van der Waals surface area (Å²) < 4.78 is 5.29. The Balaban J connectivity index is 1.98. The second kappa shape index (κ2) is 7.21. The fraction of sp³-hybridized carbons (Fsp3) is 1.00. The smallest absolute Gasteiger partial charge is 0.0590 e. The highest BCUT2D eigenvalue weighted by Gasteiger charge is 2.16. The molecule has 0 radical (unpaired) electrons. The van der Waals surface area contributed by atoms with Crippen LogP contribution in [0, 0.1) is 0 Å². The van der Waals surface area contributed by atoms with Gasteiger partial charge in [-0.15, -0.1) is 0 Å². The predicted molar refractivity (Wildman–Crippen MR) is 59.6 cm³/mol. The number of nitrogens with one attached hydrogen (secondary N) is 1. The van der Waals surface area contributed by atoms with Gasteiger partial charge in [-0.1, -0.05) is 6.92 Å². The lowest BCUT2D eigenvalue weighted by atomic mass is 10.1. The molecule has 0 spiro atoms. The van der Waals surface area contributed by atoms with Gasteiger partial charge in [-0.05, 0) is 39.4 Å². The van der Waals surface area contributed by atoms with Crippen LogP contribution in [0.5, 0.6) is 0 Å². The van der Waals surface area contributed by atoms with Crippen molar-refractivity contribution in [3.8, 4) is 0 Å². The Morgan fingerprint density at radius 2 is 2.00 bits per heavy atom. The van der Waals surface area contributed by atoms with E-state index in [4.69, 9.17) is 4.74 Å². The largest absolute Gasteiger partial charge is 0.380 e. The van der Waals surface area contributed by atoms with Crippen molar-refractivity contribution in [3.05, 3.63) is 0 Å². The summed E-state index contributed by atoms with van der Waals surface area (Å²) in [5.74, 6) is 0. The molecular formula is C11H24N2O. The number of likely N-dealkylation sites (tertiary alicyclic amines) is 1. The van der Waals surface area contributed by atoms with E-state index < -0.39 is 0 Å². The third kappa shape index (κ3) is 4.40. The molecule has 3 nitrogen and oxygen atoms in total. The molecule has 1 aliphatic rings. The molecule has 14 heavy (non-hydrogen) atoms. The zero-order valence-electron chi connectivity index (χ0n) is 9.59. The minimum atomic E-state index is 0.721. The summed E-state index contributed by atoms with van der Waals surface area (Å²) in [6.07, 6.45) is 2.58. The first-order valence-electron chi connectivity index (χ1n) is 5.90. The van der Waals surface area contributed by atoms with Crippen LogP contribution in [0.25, 0.3) is 0 Å². The maximum atomic E-state index is 5.29. The molecule has 0 aromatic carbocycles. The number of piperidine rings is 1. The van der Waals surface area contributed by atoms with E-state index in [-0.39, 0.29) is 0 Å². The number of hydrogen-bond donors (Lipinski definition) is 1. The molecule has 0 atom stereocenters. The summed E-state index contributed by atoms with van der Waals surface area (Å²) >= 11 is 0. The van der Waals surface area contributed by atoms with E-state index in [2.05, 4.69) is 17.1 Å². The van der Waals surface area contributed by atoms with Gasteiger partial charge in [0, 0.05) is 19.2 Å². The average molecular weight is 200 g/mol. The highest BCUT2D eigenvalue weighted by Crippen LogP contribution is 2.09. The number of ether oxygens (including phenoxy) is 1. The molecule has 0 saturated carbocycles. The van der Waals surface area contributed by atoms with Gasteiger partial charge in [0.15, 0.2) is 0 Å². The van der Waals surface area contributed by atoms with E-state index in [1.165, 1.54) is 32.5 Å². The minimum Gasteiger partial charge on any atom is -0.380 e. The Kier molecular flexibility index (Phi) is 6.15. The molecule has 1 saturated heterocycles. The van der Waals surface area contributed by atoms with Crippen LogP contribution in [0.15, 0.2) is 0 Å². The quantitative estimate of drug-likeness (QED) is 0.650. The van der Waals surface area contributed by atoms with Crippen LogP contribution in [-0.2, 0) is 4.74 Å². The van der Waals surface area contributed by atoms with Crippen molar-refractivity contribution < 1.29 is 4.74 Å². The topological polar surface area (TPSA) is 24.5 Å². The Bertz CT molecular complexity index is 133. The van der Waals surface area contributed by atoms with Crippen LogP contribution in [0.2, 0.25) is 0 Å². The van der Waals surface area contributed by atoms with Crippen molar-refractivity contribution >= 4 is 0 Å². The molecular weight excluding hydrogens is 176 g/mol. The van der Waals surface area contributed by atoms with Gasteiger partial charge in [0.25, 0.3) is 0 Å². The zero-order valence-corrected chi connectivity index (χ0v) is 9.59. The van der Waals surface area contributed by atoms with E-state index in [9.17, 15) is 0 Å². The summed E-state index contributed by atoms with van der Waals surface area (Å²) in [6.45, 7) is 10.7. The van der Waals surface area contributed by atoms with Crippen LogP contribution in [-0.4, -0.2) is 50.3 Å². The molecule has 1 aliphatic heterocycles. The molecule has 0 amide bonds. The molecule has 1 fully saturated rings. The lowest BCUT2D eigenvalue weighted by molar-refractivity contribution is 0.139. The highest BCUT2D eigenvalue weighted by atomic mass is 16.5. The predicted octanol–water partition coefficient (Wildman–Crippen LogP) is 1.10. The summed E-state index contributed by atoms with van der Waals surface area (Å²) in [7, 11) is 0. The van der Waals surface area contributed by atoms with Crippen molar-refractivity contribution in [2.24, 2.45) is 0 Å². The van der Waals surface area contributed by atoms with Gasteiger partial charge >= 0.3 is 0 Å². The molecule has 3 heteroatoms. The van der Waals surface area contributed by atoms with Crippen LogP contribution < -0.4 is 5.32 Å². The molecule has 0 aliphatic carbocycles. The third-order valence-corrected chi connectivity index (χ3v) is 2.92. The number of hydrogen-bond acceptors (Lipinski definition) is 3. The van der Waals surface area contributed by atoms with Gasteiger partial charge < -0.3 is 15.0 Å². The minimum absolute atomic E-state index is 0.721. The molecule has 0 aromatic rings. The lowest BCUT2D eigenvalue weighted by Gasteiger charge is -2.31. The summed E-state index contributed by atoms with van der Waals surface area (Å²) in [4.78, 5) is 2.51. The molecule has 1 heterocycles. The zero-order chi connectivity index (χ0) is 10.2. The van der Waals surface area contributed by atoms with Gasteiger partial charge in [0.1, 0.15) is 0 Å². The van der Waals surface area contributed by atoms with Crippen LogP contribution in [0.4, 0.5) is 0 Å². The van der Waals surface area contributed by atoms with Gasteiger partial charge in [-0.3, -0.25) is 0 Å². The van der Waals surface area contributed by atoms with E-state index in [1.807, 2.05) is 6.92 Å². The van der Waals surface area contributed by atoms with Crippen molar-refractivity contribution in [2.75, 3.05) is 39.4 Å². The Hall–Kier alpha value is -0.120. The summed E-state index contributed by atoms with van der Waals surface area (Å²) in [5, 5.41) is 3.55. The lowest BCUT2D eigenvalue weighted by Crippen LogP contribution is -2.43. The van der Waals surface area contributed by atoms with Gasteiger partial charge in [0.2, 0.25) is 0 Å². The monoisotopic (exact) mass is 200 g/mol. The first-order valence-corrected chi connectivity index (χ1v) is 5.90. The molecule has 1 N–H and O–H groups in total. The first kappa shape index (κ1) is 12.0. The van der Waals surface area contributed by atoms with Gasteiger partial charge in [0.05, 0.1) is 6.61 Å². The Morgan fingerprint density at radius 1 is 1.29 bits per heavy atom. The molecule has 0 unspecified atom stereocenters. The van der Waals surface area contributed by atoms with E-state index in [0.29, 0.717) is 0 Å². The maximum Gasteiger partial charge on any atom is 0.0590 e. The third-order valence-electron chi connectivity index (χ3n) is 2.92. The highest BCUT2D eigenvalue weighted by molar-refractivity contribution is 4.76. The maximum absolute atomic E-state index is 5.29. The van der Waals surface area contributed by atoms with Crippen LogP contribution in [0.1, 0.15) is 26.7 Å². The average Bonchev–Trinajstić information content (AvgIpc) is 2.25. The number of rotatable bonds is 6. The van der Waals surface area contributed by atoms with Crippen molar-refractivity contribution in [2.45, 2.75) is 32.7 Å². The molecule has 1 rings (SSSR count).